The van der Waals surface area contributed by atoms with Gasteiger partial charge in [0.25, 0.3) is 5.56 Å². The van der Waals surface area contributed by atoms with Crippen molar-refractivity contribution < 1.29 is 9.53 Å². The van der Waals surface area contributed by atoms with Crippen molar-refractivity contribution in [2.45, 2.75) is 39.2 Å². The number of nitrogens with zero attached hydrogens (tertiary/aromatic N) is 3. The van der Waals surface area contributed by atoms with E-state index in [0.717, 1.165) is 25.9 Å². The Bertz CT molecular complexity index is 627. The van der Waals surface area contributed by atoms with Crippen LogP contribution in [0.4, 0.5) is 0 Å². The number of pyridine rings is 1. The van der Waals surface area contributed by atoms with Gasteiger partial charge in [-0.05, 0) is 38.3 Å². The number of ether oxygens (including phenoxy) is 1. The second-order valence-corrected chi connectivity index (χ2v) is 5.90. The topological polar surface area (TPSA) is 75.3 Å². The highest BCUT2D eigenvalue weighted by atomic mass is 16.5. The second kappa shape index (κ2) is 8.37. The molecule has 0 bridgehead atoms. The zero-order chi connectivity index (χ0) is 16.7. The molecule has 1 aliphatic heterocycles. The average molecular weight is 317 g/mol. The van der Waals surface area contributed by atoms with Crippen molar-refractivity contribution in [3.05, 3.63) is 28.7 Å². The predicted molar refractivity (Wildman–Crippen MR) is 86.0 cm³/mol. The number of piperidine rings is 1. The quantitative estimate of drug-likeness (QED) is 0.801. The number of aromatic nitrogens is 1. The van der Waals surface area contributed by atoms with Crippen LogP contribution in [0.25, 0.3) is 0 Å². The lowest BCUT2D eigenvalue weighted by molar-refractivity contribution is -0.132. The summed E-state index contributed by atoms with van der Waals surface area (Å²) in [7, 11) is 0. The van der Waals surface area contributed by atoms with Gasteiger partial charge in [0.1, 0.15) is 0 Å². The monoisotopic (exact) mass is 317 g/mol. The van der Waals surface area contributed by atoms with E-state index >= 15 is 0 Å². The van der Waals surface area contributed by atoms with Gasteiger partial charge in [-0.2, -0.15) is 5.26 Å². The van der Waals surface area contributed by atoms with Crippen LogP contribution in [0.3, 0.4) is 0 Å². The van der Waals surface area contributed by atoms with Gasteiger partial charge in [0, 0.05) is 25.8 Å². The van der Waals surface area contributed by atoms with Crippen LogP contribution in [-0.2, 0) is 11.3 Å². The molecule has 1 amide bonds. The molecule has 1 fully saturated rings. The number of hydrogen-bond acceptors (Lipinski definition) is 4. The van der Waals surface area contributed by atoms with Gasteiger partial charge in [-0.15, -0.1) is 0 Å². The fourth-order valence-electron chi connectivity index (χ4n) is 2.65. The fraction of sp³-hybridized carbons (Fsp3) is 0.588. The van der Waals surface area contributed by atoms with Gasteiger partial charge in [0.05, 0.1) is 25.0 Å². The molecule has 1 aliphatic rings. The van der Waals surface area contributed by atoms with Crippen LogP contribution >= 0.6 is 0 Å². The molecule has 2 heterocycles. The van der Waals surface area contributed by atoms with E-state index in [1.165, 1.54) is 11.0 Å². The van der Waals surface area contributed by atoms with E-state index in [1.54, 1.807) is 25.3 Å². The SMILES string of the molecule is CC(C#N)Cn1cccc(OCCC(=O)N2CCCCC2)c1=O. The number of amides is 1. The summed E-state index contributed by atoms with van der Waals surface area (Å²) in [6.07, 6.45) is 5.23. The Hall–Kier alpha value is -2.29. The molecule has 124 valence electrons. The number of carbonyl (C=O) groups excluding carboxylic acids is 1. The first-order valence-corrected chi connectivity index (χ1v) is 8.11. The molecular formula is C17H23N3O3. The van der Waals surface area contributed by atoms with Crippen molar-refractivity contribution in [3.63, 3.8) is 0 Å². The van der Waals surface area contributed by atoms with Gasteiger partial charge in [-0.25, -0.2) is 0 Å². The van der Waals surface area contributed by atoms with Gasteiger partial charge in [-0.3, -0.25) is 9.59 Å². The lowest BCUT2D eigenvalue weighted by atomic mass is 10.1. The van der Waals surface area contributed by atoms with Crippen molar-refractivity contribution >= 4 is 5.91 Å². The molecule has 0 aromatic carbocycles. The Kier molecular flexibility index (Phi) is 6.21. The van der Waals surface area contributed by atoms with Gasteiger partial charge in [-0.1, -0.05) is 0 Å². The van der Waals surface area contributed by atoms with E-state index in [2.05, 4.69) is 6.07 Å². The molecule has 0 radical (unpaired) electrons. The molecule has 2 rings (SSSR count). The molecule has 0 N–H and O–H groups in total. The Morgan fingerprint density at radius 3 is 2.83 bits per heavy atom. The maximum Gasteiger partial charge on any atom is 0.292 e. The van der Waals surface area contributed by atoms with Crippen molar-refractivity contribution in [2.75, 3.05) is 19.7 Å². The highest BCUT2D eigenvalue weighted by molar-refractivity contribution is 5.76. The van der Waals surface area contributed by atoms with Crippen LogP contribution in [-0.4, -0.2) is 35.1 Å². The minimum absolute atomic E-state index is 0.0825. The van der Waals surface area contributed by atoms with Crippen LogP contribution in [0, 0.1) is 17.2 Å². The smallest absolute Gasteiger partial charge is 0.292 e. The van der Waals surface area contributed by atoms with Crippen molar-refractivity contribution in [3.8, 4) is 11.8 Å². The zero-order valence-corrected chi connectivity index (χ0v) is 13.5. The number of nitriles is 1. The highest BCUT2D eigenvalue weighted by Gasteiger charge is 2.16. The molecule has 1 aromatic rings. The summed E-state index contributed by atoms with van der Waals surface area (Å²) in [5.41, 5.74) is -0.264. The van der Waals surface area contributed by atoms with Gasteiger partial charge < -0.3 is 14.2 Å². The molecule has 1 atom stereocenters. The van der Waals surface area contributed by atoms with Crippen molar-refractivity contribution in [1.29, 1.82) is 5.26 Å². The molecule has 1 unspecified atom stereocenters. The Morgan fingerprint density at radius 2 is 2.13 bits per heavy atom. The Morgan fingerprint density at radius 1 is 1.39 bits per heavy atom. The molecule has 1 aromatic heterocycles. The molecule has 0 aliphatic carbocycles. The Labute approximate surface area is 136 Å². The first-order chi connectivity index (χ1) is 11.1. The third kappa shape index (κ3) is 4.85. The van der Waals surface area contributed by atoms with E-state index in [4.69, 9.17) is 10.00 Å². The normalized spacial score (nSPS) is 15.7. The summed E-state index contributed by atoms with van der Waals surface area (Å²) >= 11 is 0. The molecular weight excluding hydrogens is 294 g/mol. The molecule has 23 heavy (non-hydrogen) atoms. The fourth-order valence-corrected chi connectivity index (χ4v) is 2.65. The number of hydrogen-bond donors (Lipinski definition) is 0. The molecule has 1 saturated heterocycles. The third-order valence-electron chi connectivity index (χ3n) is 3.96. The second-order valence-electron chi connectivity index (χ2n) is 5.90. The number of carbonyl (C=O) groups is 1. The van der Waals surface area contributed by atoms with E-state index in [0.29, 0.717) is 6.54 Å². The van der Waals surface area contributed by atoms with Crippen LogP contribution in [0.2, 0.25) is 0 Å². The standard InChI is InChI=1S/C17H23N3O3/c1-14(12-18)13-20-10-5-6-15(17(20)22)23-11-7-16(21)19-8-3-2-4-9-19/h5-6,10,14H,2-4,7-9,11,13H2,1H3. The lowest BCUT2D eigenvalue weighted by Gasteiger charge is -2.26. The summed E-state index contributed by atoms with van der Waals surface area (Å²) in [5.74, 6) is 0.0618. The molecule has 0 spiro atoms. The molecule has 6 nitrogen and oxygen atoms in total. The van der Waals surface area contributed by atoms with E-state index < -0.39 is 0 Å². The highest BCUT2D eigenvalue weighted by Crippen LogP contribution is 2.10. The van der Waals surface area contributed by atoms with E-state index in [9.17, 15) is 9.59 Å². The minimum Gasteiger partial charge on any atom is -0.487 e. The summed E-state index contributed by atoms with van der Waals surface area (Å²) in [5, 5.41) is 8.84. The van der Waals surface area contributed by atoms with Crippen molar-refractivity contribution in [1.82, 2.24) is 9.47 Å². The van der Waals surface area contributed by atoms with Crippen molar-refractivity contribution in [2.24, 2.45) is 5.92 Å². The first kappa shape index (κ1) is 17.1. The maximum atomic E-state index is 12.2. The predicted octanol–water partition coefficient (Wildman–Crippen LogP) is 1.79. The summed E-state index contributed by atoms with van der Waals surface area (Å²) in [4.78, 5) is 26.1. The molecule has 0 saturated carbocycles. The molecule has 6 heteroatoms. The van der Waals surface area contributed by atoms with E-state index in [1.807, 2.05) is 4.90 Å². The van der Waals surface area contributed by atoms with Gasteiger partial charge in [0.15, 0.2) is 5.75 Å². The van der Waals surface area contributed by atoms with E-state index in [-0.39, 0.29) is 36.2 Å². The largest absolute Gasteiger partial charge is 0.487 e. The maximum absolute atomic E-state index is 12.2. The lowest BCUT2D eigenvalue weighted by Crippen LogP contribution is -2.36. The first-order valence-electron chi connectivity index (χ1n) is 8.11. The summed E-state index contributed by atoms with van der Waals surface area (Å²) < 4.78 is 6.96. The van der Waals surface area contributed by atoms with Gasteiger partial charge in [0.2, 0.25) is 5.91 Å². The van der Waals surface area contributed by atoms with Gasteiger partial charge >= 0.3 is 0 Å². The number of likely N-dealkylation sites (tertiary alicyclic amines) is 1. The van der Waals surface area contributed by atoms with Crippen LogP contribution in [0.1, 0.15) is 32.6 Å². The Balaban J connectivity index is 1.88. The number of rotatable bonds is 6. The summed E-state index contributed by atoms with van der Waals surface area (Å²) in [6.45, 7) is 3.94. The third-order valence-corrected chi connectivity index (χ3v) is 3.96. The minimum atomic E-state index is -0.264. The summed E-state index contributed by atoms with van der Waals surface area (Å²) in [6, 6.07) is 5.42. The zero-order valence-electron chi connectivity index (χ0n) is 13.5. The average Bonchev–Trinajstić information content (AvgIpc) is 2.58. The van der Waals surface area contributed by atoms with Crippen LogP contribution in [0.5, 0.6) is 5.75 Å². The van der Waals surface area contributed by atoms with Crippen LogP contribution < -0.4 is 10.3 Å². The van der Waals surface area contributed by atoms with Crippen LogP contribution in [0.15, 0.2) is 23.1 Å².